The number of likely N-dealkylation sites (tertiary alicyclic amines) is 1. The second-order valence-corrected chi connectivity index (χ2v) is 15.9. The van der Waals surface area contributed by atoms with Gasteiger partial charge in [0.25, 0.3) is 11.8 Å². The van der Waals surface area contributed by atoms with E-state index >= 15 is 0 Å². The van der Waals surface area contributed by atoms with Crippen LogP contribution in [0.3, 0.4) is 0 Å². The highest BCUT2D eigenvalue weighted by molar-refractivity contribution is 6.37. The fourth-order valence-corrected chi connectivity index (χ4v) is 8.49. The lowest BCUT2D eigenvalue weighted by Crippen LogP contribution is -2.58. The fraction of sp³-hybridized carbons (Fsp3) is 0.730. The molecule has 1 saturated heterocycles. The number of primary amides is 1. The Morgan fingerprint density at radius 2 is 1.63 bits per heavy atom. The van der Waals surface area contributed by atoms with Crippen molar-refractivity contribution < 1.29 is 28.8 Å². The molecule has 1 aromatic heterocycles. The molecule has 5 rings (SSSR count). The van der Waals surface area contributed by atoms with Crippen LogP contribution in [0.25, 0.3) is 0 Å². The lowest BCUT2D eigenvalue weighted by molar-refractivity contribution is -0.146. The van der Waals surface area contributed by atoms with Crippen LogP contribution in [0.1, 0.15) is 133 Å². The molecule has 49 heavy (non-hydrogen) atoms. The molecule has 4 aliphatic rings. The maximum absolute atomic E-state index is 14.7. The number of nitrogens with zero attached hydrogens (tertiary/aromatic N) is 3. The third-order valence-corrected chi connectivity index (χ3v) is 11.2. The fourth-order valence-electron chi connectivity index (χ4n) is 8.49. The Morgan fingerprint density at radius 3 is 2.27 bits per heavy atom. The van der Waals surface area contributed by atoms with E-state index < -0.39 is 52.8 Å². The number of amides is 4. The van der Waals surface area contributed by atoms with Crippen LogP contribution in [-0.4, -0.2) is 74.7 Å². The summed E-state index contributed by atoms with van der Waals surface area (Å²) < 4.78 is 0. The zero-order valence-electron chi connectivity index (χ0n) is 29.5. The van der Waals surface area contributed by atoms with Gasteiger partial charge < -0.3 is 21.3 Å². The van der Waals surface area contributed by atoms with Crippen LogP contribution < -0.4 is 16.4 Å². The third-order valence-electron chi connectivity index (χ3n) is 11.2. The van der Waals surface area contributed by atoms with Crippen LogP contribution in [0.15, 0.2) is 12.4 Å². The summed E-state index contributed by atoms with van der Waals surface area (Å²) in [5.41, 5.74) is 5.12. The lowest BCUT2D eigenvalue weighted by atomic mass is 9.76. The second-order valence-electron chi connectivity index (χ2n) is 15.9. The largest absolute Gasteiger partial charge is 0.364 e. The molecule has 12 nitrogen and oxygen atoms in total. The van der Waals surface area contributed by atoms with E-state index in [-0.39, 0.29) is 53.3 Å². The van der Waals surface area contributed by atoms with E-state index in [9.17, 15) is 28.8 Å². The molecular formula is C37H54N6O6. The zero-order chi connectivity index (χ0) is 35.5. The number of Topliss-reactive ketones (excluding diaryl/α,β-unsaturated/α-hetero) is 2. The van der Waals surface area contributed by atoms with Gasteiger partial charge in [0.2, 0.25) is 17.6 Å². The van der Waals surface area contributed by atoms with Gasteiger partial charge in [0, 0.05) is 37.3 Å². The number of ketones is 2. The van der Waals surface area contributed by atoms with Crippen molar-refractivity contribution in [2.45, 2.75) is 135 Å². The highest BCUT2D eigenvalue weighted by Crippen LogP contribution is 2.44. The molecule has 0 aromatic carbocycles. The van der Waals surface area contributed by atoms with Crippen molar-refractivity contribution in [2.24, 2.45) is 34.8 Å². The summed E-state index contributed by atoms with van der Waals surface area (Å²) in [7, 11) is 0. The minimum absolute atomic E-state index is 0.0295. The molecule has 1 aliphatic heterocycles. The van der Waals surface area contributed by atoms with E-state index in [0.717, 1.165) is 64.2 Å². The molecule has 2 heterocycles. The summed E-state index contributed by atoms with van der Waals surface area (Å²) in [6.07, 6.45) is 12.6. The summed E-state index contributed by atoms with van der Waals surface area (Å²) in [6, 6.07) is -1.67. The summed E-state index contributed by atoms with van der Waals surface area (Å²) in [5.74, 6) is -4.46. The number of nitrogens with one attached hydrogen (secondary N) is 2. The monoisotopic (exact) mass is 678 g/mol. The van der Waals surface area contributed by atoms with E-state index in [4.69, 9.17) is 5.73 Å². The Kier molecular flexibility index (Phi) is 11.5. The van der Waals surface area contributed by atoms with E-state index in [1.54, 1.807) is 4.90 Å². The Hall–Kier alpha value is -3.70. The van der Waals surface area contributed by atoms with Gasteiger partial charge >= 0.3 is 0 Å². The van der Waals surface area contributed by atoms with Crippen molar-refractivity contribution in [1.29, 1.82) is 0 Å². The molecule has 268 valence electrons. The maximum atomic E-state index is 14.7. The van der Waals surface area contributed by atoms with Crippen LogP contribution in [0.4, 0.5) is 0 Å². The molecule has 12 heteroatoms. The lowest BCUT2D eigenvalue weighted by Gasteiger charge is -2.38. The first kappa shape index (κ1) is 36.6. The minimum Gasteiger partial charge on any atom is -0.364 e. The van der Waals surface area contributed by atoms with Gasteiger partial charge in [0.15, 0.2) is 5.78 Å². The molecule has 4 fully saturated rings. The standard InChI is InChI=1S/C37H54N6O6/c1-5-10-22(31(45)35(48)41-24-15-16-24)19-26(44)30-25-14-9-13-23(25)20-43(30)36(49)32(37(2,3)4)42-34(47)27(21-11-7-6-8-12-21)28-29(33(38)46)40-18-17-39-28/h17-18,21-25,27,30,32H,5-16,19-20H2,1-4H3,(H2,38,46)(H,41,48)(H,42,47)/t22-,23+,25+,27+,30+,32-/m1/s1. The molecule has 3 aliphatic carbocycles. The van der Waals surface area contributed by atoms with Gasteiger partial charge in [-0.2, -0.15) is 0 Å². The average Bonchev–Trinajstić information content (AvgIpc) is 3.63. The molecule has 3 saturated carbocycles. The van der Waals surface area contributed by atoms with Crippen LogP contribution in [0.5, 0.6) is 0 Å². The quantitative estimate of drug-likeness (QED) is 0.250. The van der Waals surface area contributed by atoms with Gasteiger partial charge in [0.05, 0.1) is 17.7 Å². The molecule has 6 atom stereocenters. The minimum atomic E-state index is -0.980. The molecule has 1 aromatic rings. The number of carbonyl (C=O) groups excluding carboxylic acids is 6. The summed E-state index contributed by atoms with van der Waals surface area (Å²) in [6.45, 7) is 7.96. The van der Waals surface area contributed by atoms with Crippen LogP contribution in [-0.2, 0) is 24.0 Å². The number of nitrogens with two attached hydrogens (primary N) is 1. The van der Waals surface area contributed by atoms with Crippen molar-refractivity contribution in [1.82, 2.24) is 25.5 Å². The Morgan fingerprint density at radius 1 is 0.939 bits per heavy atom. The predicted octanol–water partition coefficient (Wildman–Crippen LogP) is 3.62. The number of carbonyl (C=O) groups is 6. The van der Waals surface area contributed by atoms with Crippen molar-refractivity contribution >= 4 is 35.2 Å². The molecule has 4 N–H and O–H groups in total. The van der Waals surface area contributed by atoms with Crippen molar-refractivity contribution in [3.05, 3.63) is 23.8 Å². The number of hydrogen-bond donors (Lipinski definition) is 3. The summed E-state index contributed by atoms with van der Waals surface area (Å²) in [4.78, 5) is 91.8. The summed E-state index contributed by atoms with van der Waals surface area (Å²) in [5, 5.41) is 5.84. The normalized spacial score (nSPS) is 24.4. The Labute approximate surface area is 289 Å². The number of fused-ring (bicyclic) bond motifs is 1. The smallest absolute Gasteiger partial charge is 0.287 e. The van der Waals surface area contributed by atoms with Gasteiger partial charge in [-0.3, -0.25) is 33.8 Å². The number of hydrogen-bond acceptors (Lipinski definition) is 8. The number of rotatable bonds is 14. The average molecular weight is 679 g/mol. The molecule has 0 unspecified atom stereocenters. The second kappa shape index (κ2) is 15.5. The van der Waals surface area contributed by atoms with Crippen molar-refractivity contribution in [3.8, 4) is 0 Å². The van der Waals surface area contributed by atoms with Crippen LogP contribution in [0, 0.1) is 29.1 Å². The van der Waals surface area contributed by atoms with Crippen molar-refractivity contribution in [2.75, 3.05) is 6.54 Å². The van der Waals surface area contributed by atoms with E-state index in [1.807, 2.05) is 27.7 Å². The SMILES string of the molecule is CCC[C@H](CC(=O)[C@@H]1[C@H]2CCC[C@H]2CN1C(=O)[C@@H](NC(=O)[C@H](c1nccnc1C(N)=O)C1CCCCC1)C(C)(C)C)C(=O)C(=O)NC1CC1. The maximum Gasteiger partial charge on any atom is 0.287 e. The molecule has 0 bridgehead atoms. The highest BCUT2D eigenvalue weighted by atomic mass is 16.2. The molecule has 4 amide bonds. The first-order valence-corrected chi connectivity index (χ1v) is 18.4. The van der Waals surface area contributed by atoms with E-state index in [1.165, 1.54) is 12.4 Å². The predicted molar refractivity (Wildman–Crippen MR) is 182 cm³/mol. The van der Waals surface area contributed by atoms with Crippen LogP contribution in [0.2, 0.25) is 0 Å². The molecular weight excluding hydrogens is 624 g/mol. The Balaban J connectivity index is 1.41. The van der Waals surface area contributed by atoms with Gasteiger partial charge in [-0.05, 0) is 68.1 Å². The first-order chi connectivity index (χ1) is 23.3. The van der Waals surface area contributed by atoms with E-state index in [2.05, 4.69) is 20.6 Å². The highest BCUT2D eigenvalue weighted by Gasteiger charge is 2.52. The van der Waals surface area contributed by atoms with Gasteiger partial charge in [-0.1, -0.05) is 59.8 Å². The van der Waals surface area contributed by atoms with Crippen molar-refractivity contribution in [3.63, 3.8) is 0 Å². The van der Waals surface area contributed by atoms with Crippen LogP contribution >= 0.6 is 0 Å². The summed E-state index contributed by atoms with van der Waals surface area (Å²) >= 11 is 0. The zero-order valence-corrected chi connectivity index (χ0v) is 29.5. The Bertz CT molecular complexity index is 1430. The van der Waals surface area contributed by atoms with Gasteiger partial charge in [-0.25, -0.2) is 4.98 Å². The topological polar surface area (TPSA) is 182 Å². The third kappa shape index (κ3) is 8.37. The number of aromatic nitrogens is 2. The van der Waals surface area contributed by atoms with Gasteiger partial charge in [-0.15, -0.1) is 0 Å². The molecule has 0 spiro atoms. The van der Waals surface area contributed by atoms with E-state index in [0.29, 0.717) is 19.4 Å². The van der Waals surface area contributed by atoms with Gasteiger partial charge in [0.1, 0.15) is 11.7 Å². The molecule has 0 radical (unpaired) electrons. The first-order valence-electron chi connectivity index (χ1n) is 18.4.